The van der Waals surface area contributed by atoms with Gasteiger partial charge in [-0.2, -0.15) is 0 Å². The summed E-state index contributed by atoms with van der Waals surface area (Å²) < 4.78 is 2.16. The van der Waals surface area contributed by atoms with Gasteiger partial charge in [0.1, 0.15) is 0 Å². The second kappa shape index (κ2) is 5.19. The van der Waals surface area contributed by atoms with E-state index in [1.54, 1.807) is 0 Å². The van der Waals surface area contributed by atoms with Crippen LogP contribution in [0, 0.1) is 0 Å². The van der Waals surface area contributed by atoms with E-state index in [4.69, 9.17) is 0 Å². The number of aryl methyl sites for hydroxylation is 1. The zero-order valence-electron chi connectivity index (χ0n) is 10.4. The van der Waals surface area contributed by atoms with Crippen LogP contribution >= 0.6 is 0 Å². The van der Waals surface area contributed by atoms with E-state index in [1.807, 2.05) is 18.7 Å². The summed E-state index contributed by atoms with van der Waals surface area (Å²) >= 11 is 0. The summed E-state index contributed by atoms with van der Waals surface area (Å²) in [7, 11) is 0. The molecule has 4 nitrogen and oxygen atoms in total. The second-order valence-corrected chi connectivity index (χ2v) is 5.38. The van der Waals surface area contributed by atoms with Crippen molar-refractivity contribution in [3.8, 4) is 0 Å². The van der Waals surface area contributed by atoms with E-state index in [2.05, 4.69) is 19.8 Å². The van der Waals surface area contributed by atoms with Gasteiger partial charge in [0.05, 0.1) is 6.33 Å². The first-order chi connectivity index (χ1) is 8.40. The third-order valence-corrected chi connectivity index (χ3v) is 3.77. The summed E-state index contributed by atoms with van der Waals surface area (Å²) in [5, 5.41) is 3.73. The summed E-state index contributed by atoms with van der Waals surface area (Å²) in [6.45, 7) is 4.84. The highest BCUT2D eigenvalue weighted by molar-refractivity contribution is 4.89. The fraction of sp³-hybridized carbons (Fsp3) is 0.769. The Morgan fingerprint density at radius 1 is 1.18 bits per heavy atom. The van der Waals surface area contributed by atoms with Crippen molar-refractivity contribution in [3.63, 3.8) is 0 Å². The first-order valence-electron chi connectivity index (χ1n) is 6.84. The molecule has 17 heavy (non-hydrogen) atoms. The number of aromatic nitrogens is 2. The maximum Gasteiger partial charge on any atom is 0.0945 e. The summed E-state index contributed by atoms with van der Waals surface area (Å²) in [5.74, 6) is 0. The first kappa shape index (κ1) is 11.2. The largest absolute Gasteiger partial charge is 0.337 e. The summed E-state index contributed by atoms with van der Waals surface area (Å²) in [4.78, 5) is 6.66. The molecular formula is C13H22N4. The predicted octanol–water partition coefficient (Wildman–Crippen LogP) is 1.10. The number of imidazole rings is 1. The number of likely N-dealkylation sites (tertiary alicyclic amines) is 1. The first-order valence-corrected chi connectivity index (χ1v) is 6.84. The maximum atomic E-state index is 4.06. The number of hydrogen-bond acceptors (Lipinski definition) is 3. The molecule has 1 saturated heterocycles. The Balaban J connectivity index is 1.33. The van der Waals surface area contributed by atoms with Gasteiger partial charge in [-0.05, 0) is 38.8 Å². The zero-order chi connectivity index (χ0) is 11.5. The molecule has 0 aromatic carbocycles. The van der Waals surface area contributed by atoms with Crippen LogP contribution in [0.15, 0.2) is 18.7 Å². The van der Waals surface area contributed by atoms with Crippen LogP contribution < -0.4 is 5.32 Å². The lowest BCUT2D eigenvalue weighted by Gasteiger charge is -2.16. The number of rotatable bonds is 6. The minimum atomic E-state index is 0.760. The van der Waals surface area contributed by atoms with E-state index in [1.165, 1.54) is 45.3 Å². The molecule has 94 valence electrons. The highest BCUT2D eigenvalue weighted by Gasteiger charge is 2.28. The quantitative estimate of drug-likeness (QED) is 0.800. The molecule has 1 aliphatic heterocycles. The fourth-order valence-corrected chi connectivity index (χ4v) is 2.65. The molecular weight excluding hydrogens is 212 g/mol. The monoisotopic (exact) mass is 234 g/mol. The lowest BCUT2D eigenvalue weighted by molar-refractivity contribution is 0.315. The van der Waals surface area contributed by atoms with Gasteiger partial charge < -0.3 is 14.8 Å². The summed E-state index contributed by atoms with van der Waals surface area (Å²) in [6.07, 6.45) is 11.2. The molecule has 2 heterocycles. The van der Waals surface area contributed by atoms with Gasteiger partial charge in [-0.25, -0.2) is 4.98 Å². The van der Waals surface area contributed by atoms with Crippen molar-refractivity contribution in [2.45, 2.75) is 44.3 Å². The van der Waals surface area contributed by atoms with E-state index in [9.17, 15) is 0 Å². The minimum Gasteiger partial charge on any atom is -0.337 e. The Morgan fingerprint density at radius 2 is 2.12 bits per heavy atom. The van der Waals surface area contributed by atoms with Crippen molar-refractivity contribution in [1.29, 1.82) is 0 Å². The van der Waals surface area contributed by atoms with E-state index >= 15 is 0 Å². The van der Waals surface area contributed by atoms with Crippen molar-refractivity contribution in [2.75, 3.05) is 19.6 Å². The normalized spacial score (nSPS) is 25.5. The predicted molar refractivity (Wildman–Crippen MR) is 67.8 cm³/mol. The molecule has 1 aromatic rings. The molecule has 1 N–H and O–H groups in total. The van der Waals surface area contributed by atoms with Crippen LogP contribution in [0.4, 0.5) is 0 Å². The van der Waals surface area contributed by atoms with Gasteiger partial charge in [0, 0.05) is 37.6 Å². The Bertz CT molecular complexity index is 331. The Morgan fingerprint density at radius 3 is 2.88 bits per heavy atom. The SMILES string of the molecule is c1cn(CCCN2CCC(NC3CC3)C2)cn1. The molecule has 2 aliphatic rings. The van der Waals surface area contributed by atoms with Crippen molar-refractivity contribution in [2.24, 2.45) is 0 Å². The third kappa shape index (κ3) is 3.30. The minimum absolute atomic E-state index is 0.760. The van der Waals surface area contributed by atoms with E-state index in [0.717, 1.165) is 18.6 Å². The molecule has 2 fully saturated rings. The van der Waals surface area contributed by atoms with Gasteiger partial charge in [-0.3, -0.25) is 0 Å². The molecule has 0 radical (unpaired) electrons. The number of nitrogens with one attached hydrogen (secondary N) is 1. The highest BCUT2D eigenvalue weighted by Crippen LogP contribution is 2.21. The van der Waals surface area contributed by atoms with Crippen LogP contribution in [-0.2, 0) is 6.54 Å². The van der Waals surface area contributed by atoms with Crippen molar-refractivity contribution < 1.29 is 0 Å². The Kier molecular flexibility index (Phi) is 3.43. The van der Waals surface area contributed by atoms with Crippen molar-refractivity contribution >= 4 is 0 Å². The average Bonchev–Trinajstić information content (AvgIpc) is 2.80. The van der Waals surface area contributed by atoms with Gasteiger partial charge in [0.2, 0.25) is 0 Å². The Labute approximate surface area is 103 Å². The lowest BCUT2D eigenvalue weighted by atomic mass is 10.2. The van der Waals surface area contributed by atoms with Crippen LogP contribution in [0.25, 0.3) is 0 Å². The summed E-state index contributed by atoms with van der Waals surface area (Å²) in [5.41, 5.74) is 0. The summed E-state index contributed by atoms with van der Waals surface area (Å²) in [6, 6.07) is 1.61. The van der Waals surface area contributed by atoms with Crippen LogP contribution in [0.1, 0.15) is 25.7 Å². The Hall–Kier alpha value is -0.870. The van der Waals surface area contributed by atoms with Crippen LogP contribution in [0.5, 0.6) is 0 Å². The van der Waals surface area contributed by atoms with Crippen molar-refractivity contribution in [3.05, 3.63) is 18.7 Å². The van der Waals surface area contributed by atoms with Crippen LogP contribution in [-0.4, -0.2) is 46.2 Å². The molecule has 0 amide bonds. The zero-order valence-corrected chi connectivity index (χ0v) is 10.4. The fourth-order valence-electron chi connectivity index (χ4n) is 2.65. The second-order valence-electron chi connectivity index (χ2n) is 5.38. The maximum absolute atomic E-state index is 4.06. The molecule has 0 bridgehead atoms. The van der Waals surface area contributed by atoms with Crippen molar-refractivity contribution in [1.82, 2.24) is 19.8 Å². The van der Waals surface area contributed by atoms with Gasteiger partial charge in [-0.1, -0.05) is 0 Å². The lowest BCUT2D eigenvalue weighted by Crippen LogP contribution is -2.34. The molecule has 1 unspecified atom stereocenters. The van der Waals surface area contributed by atoms with E-state index < -0.39 is 0 Å². The topological polar surface area (TPSA) is 33.1 Å². The molecule has 1 atom stereocenters. The average molecular weight is 234 g/mol. The van der Waals surface area contributed by atoms with E-state index in [0.29, 0.717) is 0 Å². The molecule has 1 saturated carbocycles. The van der Waals surface area contributed by atoms with Gasteiger partial charge in [0.15, 0.2) is 0 Å². The van der Waals surface area contributed by atoms with Gasteiger partial charge in [-0.15, -0.1) is 0 Å². The highest BCUT2D eigenvalue weighted by atomic mass is 15.2. The molecule has 3 rings (SSSR count). The number of hydrogen-bond donors (Lipinski definition) is 1. The van der Waals surface area contributed by atoms with Crippen LogP contribution in [0.2, 0.25) is 0 Å². The van der Waals surface area contributed by atoms with Crippen LogP contribution in [0.3, 0.4) is 0 Å². The molecule has 1 aromatic heterocycles. The number of nitrogens with zero attached hydrogens (tertiary/aromatic N) is 3. The standard InChI is InChI=1S/C13H22N4/c1(7-17-9-5-14-11-17)6-16-8-4-13(10-16)15-12-2-3-12/h5,9,11-13,15H,1-4,6-8,10H2. The molecule has 0 spiro atoms. The van der Waals surface area contributed by atoms with Gasteiger partial charge >= 0.3 is 0 Å². The molecule has 1 aliphatic carbocycles. The van der Waals surface area contributed by atoms with Gasteiger partial charge in [0.25, 0.3) is 0 Å². The molecule has 4 heteroatoms. The third-order valence-electron chi connectivity index (χ3n) is 3.77. The van der Waals surface area contributed by atoms with E-state index in [-0.39, 0.29) is 0 Å². The smallest absolute Gasteiger partial charge is 0.0945 e.